The molecule has 0 aromatic carbocycles. The molecule has 1 fully saturated rings. The van der Waals surface area contributed by atoms with E-state index in [0.29, 0.717) is 11.4 Å². The molecule has 1 amide bonds. The summed E-state index contributed by atoms with van der Waals surface area (Å²) in [5, 5.41) is 10.3. The molecule has 10 heteroatoms. The van der Waals surface area contributed by atoms with E-state index in [9.17, 15) is 18.0 Å². The molecule has 1 aliphatic rings. The number of nitrogens with one attached hydrogen (secondary N) is 2. The molecule has 154 valence electrons. The van der Waals surface area contributed by atoms with Crippen molar-refractivity contribution in [3.8, 4) is 0 Å². The third kappa shape index (κ3) is 4.20. The fraction of sp³-hybridized carbons (Fsp3) is 0.421. The number of hydrogen-bond donors (Lipinski definition) is 2. The second-order valence-corrected chi connectivity index (χ2v) is 7.33. The zero-order chi connectivity index (χ0) is 20.6. The minimum atomic E-state index is -4.48. The minimum absolute atomic E-state index is 0.0709. The molecule has 3 aromatic rings. The molecule has 3 aromatic heterocycles. The lowest BCUT2D eigenvalue weighted by Crippen LogP contribution is -2.40. The lowest BCUT2D eigenvalue weighted by molar-refractivity contribution is -0.140. The van der Waals surface area contributed by atoms with Gasteiger partial charge in [-0.2, -0.15) is 18.3 Å². The Morgan fingerprint density at radius 1 is 1.14 bits per heavy atom. The number of hydrogen-bond acceptors (Lipinski definition) is 4. The normalized spacial score (nSPS) is 20.0. The van der Waals surface area contributed by atoms with Crippen LogP contribution in [-0.4, -0.2) is 37.2 Å². The van der Waals surface area contributed by atoms with Crippen molar-refractivity contribution in [2.45, 2.75) is 43.9 Å². The number of pyridine rings is 1. The molecular formula is C19H21F3N6O. The van der Waals surface area contributed by atoms with E-state index >= 15 is 0 Å². The Morgan fingerprint density at radius 2 is 1.86 bits per heavy atom. The maximum Gasteiger partial charge on any atom is 0.434 e. The molecule has 0 bridgehead atoms. The van der Waals surface area contributed by atoms with E-state index in [2.05, 4.69) is 20.7 Å². The second kappa shape index (κ2) is 7.41. The number of alkyl halides is 3. The van der Waals surface area contributed by atoms with Crippen LogP contribution >= 0.6 is 0 Å². The Hall–Kier alpha value is -3.04. The summed E-state index contributed by atoms with van der Waals surface area (Å²) in [6, 6.07) is 5.16. The smallest absolute Gasteiger partial charge is 0.368 e. The predicted molar refractivity (Wildman–Crippen MR) is 101 cm³/mol. The fourth-order valence-corrected chi connectivity index (χ4v) is 3.66. The number of imidazole rings is 1. The van der Waals surface area contributed by atoms with Crippen molar-refractivity contribution in [3.63, 3.8) is 0 Å². The van der Waals surface area contributed by atoms with E-state index in [0.717, 1.165) is 31.9 Å². The molecule has 0 saturated heterocycles. The second-order valence-electron chi connectivity index (χ2n) is 7.33. The van der Waals surface area contributed by atoms with Gasteiger partial charge in [0.15, 0.2) is 5.69 Å². The number of anilines is 1. The topological polar surface area (TPSA) is 76.2 Å². The number of carbonyl (C=O) groups is 1. The van der Waals surface area contributed by atoms with Gasteiger partial charge in [-0.3, -0.25) is 13.9 Å². The number of amides is 1. The van der Waals surface area contributed by atoms with Crippen molar-refractivity contribution in [2.24, 2.45) is 7.05 Å². The molecule has 0 aliphatic heterocycles. The first-order chi connectivity index (χ1) is 13.8. The molecule has 3 heterocycles. The molecule has 0 radical (unpaired) electrons. The quantitative estimate of drug-likeness (QED) is 0.698. The van der Waals surface area contributed by atoms with Crippen molar-refractivity contribution < 1.29 is 18.0 Å². The highest BCUT2D eigenvalue weighted by Crippen LogP contribution is 2.30. The predicted octanol–water partition coefficient (Wildman–Crippen LogP) is 3.24. The van der Waals surface area contributed by atoms with Crippen LogP contribution in [0.3, 0.4) is 0 Å². The summed E-state index contributed by atoms with van der Waals surface area (Å²) in [5.74, 6) is 0.436. The fourth-order valence-electron chi connectivity index (χ4n) is 3.66. The van der Waals surface area contributed by atoms with Gasteiger partial charge in [0.2, 0.25) is 0 Å². The summed E-state index contributed by atoms with van der Waals surface area (Å²) < 4.78 is 41.9. The first-order valence-corrected chi connectivity index (χ1v) is 9.41. The summed E-state index contributed by atoms with van der Waals surface area (Å²) in [4.78, 5) is 15.9. The van der Waals surface area contributed by atoms with Crippen LogP contribution in [-0.2, 0) is 13.2 Å². The Labute approximate surface area is 164 Å². The monoisotopic (exact) mass is 406 g/mol. The van der Waals surface area contributed by atoms with Gasteiger partial charge >= 0.3 is 6.18 Å². The Kier molecular flexibility index (Phi) is 4.93. The number of aromatic nitrogens is 4. The molecule has 1 saturated carbocycles. The van der Waals surface area contributed by atoms with E-state index in [4.69, 9.17) is 0 Å². The number of aryl methyl sites for hydroxylation is 1. The Bertz CT molecular complexity index is 1020. The summed E-state index contributed by atoms with van der Waals surface area (Å²) in [7, 11) is 1.76. The zero-order valence-electron chi connectivity index (χ0n) is 15.8. The van der Waals surface area contributed by atoms with Crippen LogP contribution in [0.4, 0.5) is 19.0 Å². The molecule has 0 unspecified atom stereocenters. The van der Waals surface area contributed by atoms with Crippen molar-refractivity contribution in [1.82, 2.24) is 24.5 Å². The van der Waals surface area contributed by atoms with E-state index in [1.165, 1.54) is 10.6 Å². The van der Waals surface area contributed by atoms with Gasteiger partial charge in [0.1, 0.15) is 11.5 Å². The largest absolute Gasteiger partial charge is 0.434 e. The summed E-state index contributed by atoms with van der Waals surface area (Å²) in [6.07, 6.45) is 2.91. The van der Waals surface area contributed by atoms with Crippen molar-refractivity contribution >= 4 is 17.4 Å². The standard InChI is InChI=1S/C19H21F3N6O/c1-27-10-12(9-23-27)18(29)25-14-7-5-13(6-8-14)24-16-3-2-4-17-26-15(11-28(16)17)19(20,21)22/h2-4,9-11,13-14,24H,5-8H2,1H3,(H,25,29)/t13-,14+. The highest BCUT2D eigenvalue weighted by atomic mass is 19.4. The first kappa shape index (κ1) is 19.3. The maximum absolute atomic E-state index is 13.0. The third-order valence-corrected chi connectivity index (χ3v) is 5.16. The van der Waals surface area contributed by atoms with Crippen LogP contribution in [0.2, 0.25) is 0 Å². The lowest BCUT2D eigenvalue weighted by atomic mass is 9.91. The SMILES string of the molecule is Cn1cc(C(=O)N[C@H]2CC[C@@H](Nc3cccc4nc(C(F)(F)F)cn34)CC2)cn1. The summed E-state index contributed by atoms with van der Waals surface area (Å²) >= 11 is 0. The van der Waals surface area contributed by atoms with E-state index in [-0.39, 0.29) is 23.6 Å². The lowest BCUT2D eigenvalue weighted by Gasteiger charge is -2.30. The number of fused-ring (bicyclic) bond motifs is 1. The van der Waals surface area contributed by atoms with Gasteiger partial charge in [0.25, 0.3) is 5.91 Å². The number of carbonyl (C=O) groups excluding carboxylic acids is 1. The van der Waals surface area contributed by atoms with Crippen LogP contribution in [0.1, 0.15) is 41.7 Å². The van der Waals surface area contributed by atoms with Crippen molar-refractivity contribution in [3.05, 3.63) is 48.0 Å². The van der Waals surface area contributed by atoms with E-state index in [1.807, 2.05) is 0 Å². The third-order valence-electron chi connectivity index (χ3n) is 5.16. The van der Waals surface area contributed by atoms with Crippen molar-refractivity contribution in [2.75, 3.05) is 5.32 Å². The number of halogens is 3. The molecule has 4 rings (SSSR count). The highest BCUT2D eigenvalue weighted by Gasteiger charge is 2.34. The molecule has 29 heavy (non-hydrogen) atoms. The van der Waals surface area contributed by atoms with Crippen LogP contribution < -0.4 is 10.6 Å². The van der Waals surface area contributed by atoms with Gasteiger partial charge in [-0.05, 0) is 37.8 Å². The van der Waals surface area contributed by atoms with E-state index in [1.54, 1.807) is 36.1 Å². The van der Waals surface area contributed by atoms with Gasteiger partial charge in [0.05, 0.1) is 11.8 Å². The Morgan fingerprint density at radius 3 is 2.52 bits per heavy atom. The van der Waals surface area contributed by atoms with Crippen LogP contribution in [0.25, 0.3) is 5.65 Å². The molecule has 7 nitrogen and oxygen atoms in total. The van der Waals surface area contributed by atoms with Crippen LogP contribution in [0, 0.1) is 0 Å². The molecular weight excluding hydrogens is 385 g/mol. The number of nitrogens with zero attached hydrogens (tertiary/aromatic N) is 4. The van der Waals surface area contributed by atoms with Gasteiger partial charge in [0, 0.05) is 31.5 Å². The van der Waals surface area contributed by atoms with Gasteiger partial charge in [-0.25, -0.2) is 4.98 Å². The summed E-state index contributed by atoms with van der Waals surface area (Å²) in [6.45, 7) is 0. The summed E-state index contributed by atoms with van der Waals surface area (Å²) in [5.41, 5.74) is -0.131. The molecule has 2 N–H and O–H groups in total. The molecule has 1 aliphatic carbocycles. The van der Waals surface area contributed by atoms with Crippen molar-refractivity contribution in [1.29, 1.82) is 0 Å². The molecule has 0 spiro atoms. The van der Waals surface area contributed by atoms with Gasteiger partial charge < -0.3 is 10.6 Å². The zero-order valence-corrected chi connectivity index (χ0v) is 15.8. The molecule has 0 atom stereocenters. The minimum Gasteiger partial charge on any atom is -0.368 e. The number of rotatable bonds is 4. The Balaban J connectivity index is 1.37. The van der Waals surface area contributed by atoms with Crippen LogP contribution in [0.5, 0.6) is 0 Å². The van der Waals surface area contributed by atoms with E-state index < -0.39 is 11.9 Å². The van der Waals surface area contributed by atoms with Crippen LogP contribution in [0.15, 0.2) is 36.8 Å². The van der Waals surface area contributed by atoms with Gasteiger partial charge in [-0.15, -0.1) is 0 Å². The highest BCUT2D eigenvalue weighted by molar-refractivity contribution is 5.93. The maximum atomic E-state index is 13.0. The van der Waals surface area contributed by atoms with Gasteiger partial charge in [-0.1, -0.05) is 6.07 Å². The average Bonchev–Trinajstić information content (AvgIpc) is 3.30. The average molecular weight is 406 g/mol. The first-order valence-electron chi connectivity index (χ1n) is 9.41.